The van der Waals surface area contributed by atoms with Crippen LogP contribution in [0.1, 0.15) is 25.3 Å². The molecule has 6 heteroatoms. The minimum absolute atomic E-state index is 0.254. The predicted octanol–water partition coefficient (Wildman–Crippen LogP) is 5.61. The van der Waals surface area contributed by atoms with Crippen molar-refractivity contribution in [3.63, 3.8) is 0 Å². The number of hydrogen-bond donors (Lipinski definition) is 0. The Morgan fingerprint density at radius 2 is 1.52 bits per heavy atom. The molecule has 0 N–H and O–H groups in total. The molecule has 1 aromatic heterocycles. The lowest BCUT2D eigenvalue weighted by molar-refractivity contribution is 0.264. The van der Waals surface area contributed by atoms with Gasteiger partial charge >= 0.3 is 0 Å². The summed E-state index contributed by atoms with van der Waals surface area (Å²) in [7, 11) is 0.0832. The molecule has 33 heavy (non-hydrogen) atoms. The molecule has 0 atom stereocenters. The van der Waals surface area contributed by atoms with Gasteiger partial charge < -0.3 is 9.64 Å². The van der Waals surface area contributed by atoms with E-state index >= 15 is 0 Å². The van der Waals surface area contributed by atoms with Crippen LogP contribution in [0.15, 0.2) is 83.8 Å². The minimum atomic E-state index is -3.88. The maximum absolute atomic E-state index is 14.0. The number of benzene rings is 3. The van der Waals surface area contributed by atoms with Crippen molar-refractivity contribution >= 4 is 20.9 Å². The number of ether oxygens (including phenoxy) is 1. The van der Waals surface area contributed by atoms with E-state index < -0.39 is 10.0 Å². The molecule has 4 rings (SSSR count). The van der Waals surface area contributed by atoms with Crippen LogP contribution in [-0.4, -0.2) is 44.5 Å². The lowest BCUT2D eigenvalue weighted by Crippen LogP contribution is -2.19. The van der Waals surface area contributed by atoms with Gasteiger partial charge in [-0.25, -0.2) is 12.4 Å². The average Bonchev–Trinajstić information content (AvgIpc) is 3.14. The maximum atomic E-state index is 14.0. The van der Waals surface area contributed by atoms with Crippen molar-refractivity contribution in [2.24, 2.45) is 0 Å². The third-order valence-corrected chi connectivity index (χ3v) is 7.43. The summed E-state index contributed by atoms with van der Waals surface area (Å²) in [4.78, 5) is 2.29. The van der Waals surface area contributed by atoms with Gasteiger partial charge in [0.2, 0.25) is 0 Å². The second-order valence-electron chi connectivity index (χ2n) is 8.71. The molecular weight excluding hydrogens is 432 g/mol. The lowest BCUT2D eigenvalue weighted by Gasteiger charge is -2.15. The summed E-state index contributed by atoms with van der Waals surface area (Å²) in [5.74, 6) is 0.909. The second kappa shape index (κ2) is 9.41. The van der Waals surface area contributed by atoms with E-state index in [-0.39, 0.29) is 4.90 Å². The number of para-hydroxylation sites is 1. The monoisotopic (exact) mass is 462 g/mol. The van der Waals surface area contributed by atoms with Gasteiger partial charge in [-0.1, -0.05) is 68.4 Å². The summed E-state index contributed by atoms with van der Waals surface area (Å²) in [6.07, 6.45) is 0. The quantitative estimate of drug-likeness (QED) is 0.342. The number of fused-ring (bicyclic) bond motifs is 1. The Morgan fingerprint density at radius 1 is 0.879 bits per heavy atom. The van der Waals surface area contributed by atoms with Gasteiger partial charge in [0.1, 0.15) is 12.3 Å². The highest BCUT2D eigenvalue weighted by molar-refractivity contribution is 7.90. The van der Waals surface area contributed by atoms with Crippen LogP contribution in [0.4, 0.5) is 0 Å². The highest BCUT2D eigenvalue weighted by atomic mass is 32.2. The van der Waals surface area contributed by atoms with Gasteiger partial charge in [-0.3, -0.25) is 0 Å². The Balaban J connectivity index is 1.97. The van der Waals surface area contributed by atoms with E-state index in [0.29, 0.717) is 29.5 Å². The fourth-order valence-electron chi connectivity index (χ4n) is 3.88. The average molecular weight is 463 g/mol. The topological polar surface area (TPSA) is 51.5 Å². The molecule has 0 radical (unpaired) electrons. The van der Waals surface area contributed by atoms with Crippen molar-refractivity contribution in [1.29, 1.82) is 0 Å². The van der Waals surface area contributed by atoms with Gasteiger partial charge in [-0.05, 0) is 49.8 Å². The van der Waals surface area contributed by atoms with Crippen molar-refractivity contribution in [3.8, 4) is 17.0 Å². The first-order chi connectivity index (χ1) is 15.8. The molecule has 3 aromatic carbocycles. The van der Waals surface area contributed by atoms with Crippen molar-refractivity contribution in [2.75, 3.05) is 27.2 Å². The van der Waals surface area contributed by atoms with Crippen LogP contribution in [0, 0.1) is 0 Å². The molecule has 0 saturated carbocycles. The fourth-order valence-corrected chi connectivity index (χ4v) is 5.42. The molecule has 0 bridgehead atoms. The third kappa shape index (κ3) is 4.54. The van der Waals surface area contributed by atoms with Crippen LogP contribution >= 0.6 is 0 Å². The molecule has 0 aliphatic heterocycles. The summed E-state index contributed by atoms with van der Waals surface area (Å²) in [5, 5.41) is 0.775. The SMILES string of the molecule is CC(C)c1ccc(S(=O)(=O)n2c(-c3ccccc3)c(OCCN(C)C)c3ccccc32)cc1. The zero-order valence-electron chi connectivity index (χ0n) is 19.5. The van der Waals surface area contributed by atoms with E-state index in [0.717, 1.165) is 23.1 Å². The predicted molar refractivity (Wildman–Crippen MR) is 135 cm³/mol. The molecule has 4 aromatic rings. The highest BCUT2D eigenvalue weighted by Gasteiger charge is 2.29. The Bertz CT molecular complexity index is 1340. The molecular formula is C27H30N2O3S. The summed E-state index contributed by atoms with van der Waals surface area (Å²) >= 11 is 0. The van der Waals surface area contributed by atoms with Crippen LogP contribution in [0.25, 0.3) is 22.2 Å². The van der Waals surface area contributed by atoms with Gasteiger partial charge in [0.15, 0.2) is 5.75 Å². The zero-order chi connectivity index (χ0) is 23.6. The number of rotatable bonds is 8. The van der Waals surface area contributed by atoms with E-state index in [9.17, 15) is 8.42 Å². The molecule has 1 heterocycles. The number of aromatic nitrogens is 1. The Kier molecular flexibility index (Phi) is 6.58. The van der Waals surface area contributed by atoms with Crippen LogP contribution in [0.2, 0.25) is 0 Å². The summed E-state index contributed by atoms with van der Waals surface area (Å²) in [6, 6.07) is 24.3. The standard InChI is InChI=1S/C27H30N2O3S/c1-20(2)21-14-16-23(17-15-21)33(30,31)29-25-13-9-8-12-24(25)27(32-19-18-28(3)4)26(29)22-10-6-5-7-11-22/h5-17,20H,18-19H2,1-4H3. The number of likely N-dealkylation sites (N-methyl/N-ethyl adjacent to an activating group) is 1. The van der Waals surface area contributed by atoms with Gasteiger partial charge in [-0.2, -0.15) is 0 Å². The molecule has 5 nitrogen and oxygen atoms in total. The minimum Gasteiger partial charge on any atom is -0.489 e. The van der Waals surface area contributed by atoms with E-state index in [1.807, 2.05) is 85.7 Å². The highest BCUT2D eigenvalue weighted by Crippen LogP contribution is 2.42. The Morgan fingerprint density at radius 3 is 2.15 bits per heavy atom. The van der Waals surface area contributed by atoms with Crippen molar-refractivity contribution in [2.45, 2.75) is 24.7 Å². The smallest absolute Gasteiger partial charge is 0.268 e. The zero-order valence-corrected chi connectivity index (χ0v) is 20.3. The molecule has 172 valence electrons. The van der Waals surface area contributed by atoms with E-state index in [1.54, 1.807) is 12.1 Å². The molecule has 0 aliphatic rings. The largest absolute Gasteiger partial charge is 0.489 e. The van der Waals surface area contributed by atoms with Gasteiger partial charge in [0.05, 0.1) is 10.4 Å². The summed E-state index contributed by atoms with van der Waals surface area (Å²) < 4.78 is 35.7. The first-order valence-corrected chi connectivity index (χ1v) is 12.6. The molecule has 0 amide bonds. The second-order valence-corrected chi connectivity index (χ2v) is 10.5. The lowest BCUT2D eigenvalue weighted by atomic mass is 10.0. The molecule has 0 fully saturated rings. The van der Waals surface area contributed by atoms with Crippen LogP contribution in [0.3, 0.4) is 0 Å². The van der Waals surface area contributed by atoms with Crippen molar-refractivity contribution in [1.82, 2.24) is 8.87 Å². The Hall–Kier alpha value is -3.09. The first-order valence-electron chi connectivity index (χ1n) is 11.1. The van der Waals surface area contributed by atoms with Crippen LogP contribution in [0.5, 0.6) is 5.75 Å². The summed E-state index contributed by atoms with van der Waals surface area (Å²) in [6.45, 7) is 5.35. The molecule has 0 aliphatic carbocycles. The van der Waals surface area contributed by atoms with Crippen LogP contribution in [-0.2, 0) is 10.0 Å². The van der Waals surface area contributed by atoms with Gasteiger partial charge in [-0.15, -0.1) is 0 Å². The maximum Gasteiger partial charge on any atom is 0.268 e. The normalized spacial score (nSPS) is 12.1. The summed E-state index contributed by atoms with van der Waals surface area (Å²) in [5.41, 5.74) is 3.03. The first kappa shape index (κ1) is 23.1. The van der Waals surface area contributed by atoms with Gasteiger partial charge in [0, 0.05) is 17.5 Å². The van der Waals surface area contributed by atoms with E-state index in [2.05, 4.69) is 13.8 Å². The molecule has 0 spiro atoms. The molecule has 0 unspecified atom stereocenters. The Labute approximate surface area is 196 Å². The van der Waals surface area contributed by atoms with Crippen molar-refractivity contribution < 1.29 is 13.2 Å². The fraction of sp³-hybridized carbons (Fsp3) is 0.259. The van der Waals surface area contributed by atoms with Crippen LogP contribution < -0.4 is 4.74 Å². The van der Waals surface area contributed by atoms with Crippen molar-refractivity contribution in [3.05, 3.63) is 84.4 Å². The van der Waals surface area contributed by atoms with Gasteiger partial charge in [0.25, 0.3) is 10.0 Å². The number of nitrogens with zero attached hydrogens (tertiary/aromatic N) is 2. The third-order valence-electron chi connectivity index (χ3n) is 5.70. The number of hydrogen-bond acceptors (Lipinski definition) is 4. The van der Waals surface area contributed by atoms with E-state index in [4.69, 9.17) is 4.74 Å². The molecule has 0 saturated heterocycles. The van der Waals surface area contributed by atoms with E-state index in [1.165, 1.54) is 3.97 Å².